The molecule has 1 aliphatic carbocycles. The zero-order valence-electron chi connectivity index (χ0n) is 19.8. The third kappa shape index (κ3) is 8.48. The Bertz CT molecular complexity index is 572. The number of hydrogen-bond acceptors (Lipinski definition) is 5. The van der Waals surface area contributed by atoms with E-state index in [0.29, 0.717) is 6.04 Å². The molecule has 0 atom stereocenters. The predicted molar refractivity (Wildman–Crippen MR) is 122 cm³/mol. The van der Waals surface area contributed by atoms with Crippen LogP contribution in [0.25, 0.3) is 0 Å². The van der Waals surface area contributed by atoms with Crippen LogP contribution in [0.1, 0.15) is 65.7 Å². The van der Waals surface area contributed by atoms with E-state index in [1.807, 2.05) is 25.7 Å². The van der Waals surface area contributed by atoms with Crippen molar-refractivity contribution in [2.24, 2.45) is 0 Å². The molecule has 3 amide bonds. The molecule has 0 aromatic rings. The van der Waals surface area contributed by atoms with E-state index < -0.39 is 5.60 Å². The molecule has 2 aliphatic heterocycles. The number of amides is 3. The van der Waals surface area contributed by atoms with Crippen molar-refractivity contribution >= 4 is 12.1 Å². The lowest BCUT2D eigenvalue weighted by atomic mass is 9.96. The Morgan fingerprint density at radius 2 is 1.29 bits per heavy atom. The summed E-state index contributed by atoms with van der Waals surface area (Å²) in [6, 6.07) is 0.676. The molecule has 8 nitrogen and oxygen atoms in total. The molecule has 8 heteroatoms. The largest absolute Gasteiger partial charge is 0.444 e. The highest BCUT2D eigenvalue weighted by Gasteiger charge is 2.27. The summed E-state index contributed by atoms with van der Waals surface area (Å²) >= 11 is 0. The third-order valence-electron chi connectivity index (χ3n) is 6.62. The summed E-state index contributed by atoms with van der Waals surface area (Å²) in [7, 11) is 0. The van der Waals surface area contributed by atoms with Crippen molar-refractivity contribution in [3.05, 3.63) is 0 Å². The van der Waals surface area contributed by atoms with Gasteiger partial charge in [-0.2, -0.15) is 0 Å². The fourth-order valence-electron chi connectivity index (χ4n) is 4.72. The van der Waals surface area contributed by atoms with Crippen LogP contribution in [0.2, 0.25) is 0 Å². The molecule has 178 valence electrons. The lowest BCUT2D eigenvalue weighted by molar-refractivity contribution is 0.0136. The number of rotatable bonds is 5. The third-order valence-corrected chi connectivity index (χ3v) is 6.62. The van der Waals surface area contributed by atoms with Crippen LogP contribution in [0.15, 0.2) is 0 Å². The lowest BCUT2D eigenvalue weighted by Crippen LogP contribution is -2.53. The van der Waals surface area contributed by atoms with Gasteiger partial charge in [-0.05, 0) is 46.5 Å². The molecule has 31 heavy (non-hydrogen) atoms. The molecule has 0 radical (unpaired) electrons. The van der Waals surface area contributed by atoms with Gasteiger partial charge in [0.25, 0.3) is 0 Å². The first-order valence-corrected chi connectivity index (χ1v) is 12.3. The van der Waals surface area contributed by atoms with E-state index in [1.165, 1.54) is 19.3 Å². The normalized spacial score (nSPS) is 22.9. The van der Waals surface area contributed by atoms with Gasteiger partial charge in [-0.1, -0.05) is 19.3 Å². The van der Waals surface area contributed by atoms with Crippen LogP contribution in [-0.4, -0.2) is 96.9 Å². The standard InChI is InChI=1S/C23H43N5O3/c1-23(2,3)31-22(30)28-17-15-27(16-18-28)14-13-26-11-9-20(10-12-26)25-21(29)24-19-7-5-4-6-8-19/h19-20H,4-18H2,1-3H3,(H2,24,25,29). The van der Waals surface area contributed by atoms with Gasteiger partial charge in [-0.15, -0.1) is 0 Å². The van der Waals surface area contributed by atoms with Crippen LogP contribution in [0, 0.1) is 0 Å². The molecule has 0 bridgehead atoms. The van der Waals surface area contributed by atoms with Gasteiger partial charge in [0.2, 0.25) is 0 Å². The van der Waals surface area contributed by atoms with Crippen LogP contribution >= 0.6 is 0 Å². The zero-order valence-corrected chi connectivity index (χ0v) is 19.8. The Balaban J connectivity index is 1.26. The number of ether oxygens (including phenoxy) is 1. The first-order chi connectivity index (χ1) is 14.8. The Morgan fingerprint density at radius 1 is 0.774 bits per heavy atom. The number of nitrogens with zero attached hydrogens (tertiary/aromatic N) is 3. The minimum atomic E-state index is -0.439. The van der Waals surface area contributed by atoms with Gasteiger partial charge in [0.1, 0.15) is 5.60 Å². The summed E-state index contributed by atoms with van der Waals surface area (Å²) in [5, 5.41) is 6.35. The number of hydrogen-bond donors (Lipinski definition) is 2. The maximum absolute atomic E-state index is 12.3. The molecule has 3 aliphatic rings. The molecule has 0 aromatic heterocycles. The molecular weight excluding hydrogens is 394 g/mol. The van der Waals surface area contributed by atoms with Crippen molar-refractivity contribution in [3.63, 3.8) is 0 Å². The van der Waals surface area contributed by atoms with E-state index in [9.17, 15) is 9.59 Å². The van der Waals surface area contributed by atoms with Crippen LogP contribution in [-0.2, 0) is 4.74 Å². The molecule has 2 N–H and O–H groups in total. The van der Waals surface area contributed by atoms with Crippen LogP contribution in [0.5, 0.6) is 0 Å². The van der Waals surface area contributed by atoms with Gasteiger partial charge in [0.05, 0.1) is 0 Å². The van der Waals surface area contributed by atoms with Gasteiger partial charge in [0, 0.05) is 64.4 Å². The Morgan fingerprint density at radius 3 is 1.84 bits per heavy atom. The average Bonchev–Trinajstić information content (AvgIpc) is 2.73. The second kappa shape index (κ2) is 11.4. The molecule has 0 unspecified atom stereocenters. The second-order valence-corrected chi connectivity index (χ2v) is 10.4. The molecule has 3 rings (SSSR count). The summed E-state index contributed by atoms with van der Waals surface area (Å²) in [6.45, 7) is 13.1. The number of carbonyl (C=O) groups is 2. The van der Waals surface area contributed by atoms with Crippen molar-refractivity contribution in [2.45, 2.75) is 83.4 Å². The molecule has 0 spiro atoms. The van der Waals surface area contributed by atoms with Gasteiger partial charge >= 0.3 is 12.1 Å². The fraction of sp³-hybridized carbons (Fsp3) is 0.913. The first kappa shape index (κ1) is 24.1. The highest BCUT2D eigenvalue weighted by atomic mass is 16.6. The Labute approximate surface area is 188 Å². The molecular formula is C23H43N5O3. The Kier molecular flexibility index (Phi) is 8.84. The van der Waals surface area contributed by atoms with E-state index in [-0.39, 0.29) is 18.2 Å². The van der Waals surface area contributed by atoms with E-state index in [0.717, 1.165) is 78.0 Å². The van der Waals surface area contributed by atoms with Gasteiger partial charge in [0.15, 0.2) is 0 Å². The quantitative estimate of drug-likeness (QED) is 0.691. The van der Waals surface area contributed by atoms with E-state index >= 15 is 0 Å². The van der Waals surface area contributed by atoms with Crippen molar-refractivity contribution in [1.82, 2.24) is 25.3 Å². The maximum Gasteiger partial charge on any atom is 0.410 e. The maximum atomic E-state index is 12.3. The highest BCUT2D eigenvalue weighted by Crippen LogP contribution is 2.17. The number of likely N-dealkylation sites (tertiary alicyclic amines) is 1. The zero-order chi connectivity index (χ0) is 22.3. The topological polar surface area (TPSA) is 77.2 Å². The van der Waals surface area contributed by atoms with Crippen molar-refractivity contribution in [1.29, 1.82) is 0 Å². The van der Waals surface area contributed by atoms with Gasteiger partial charge in [-0.3, -0.25) is 4.90 Å². The predicted octanol–water partition coefficient (Wildman–Crippen LogP) is 2.64. The SMILES string of the molecule is CC(C)(C)OC(=O)N1CCN(CCN2CCC(NC(=O)NC3CCCCC3)CC2)CC1. The van der Waals surface area contributed by atoms with Crippen LogP contribution in [0.3, 0.4) is 0 Å². The van der Waals surface area contributed by atoms with E-state index in [4.69, 9.17) is 4.74 Å². The van der Waals surface area contributed by atoms with Crippen LogP contribution < -0.4 is 10.6 Å². The summed E-state index contributed by atoms with van der Waals surface area (Å²) in [5.74, 6) is 0. The Hall–Kier alpha value is -1.54. The summed E-state index contributed by atoms with van der Waals surface area (Å²) in [4.78, 5) is 31.2. The summed E-state index contributed by atoms with van der Waals surface area (Å²) in [5.41, 5.74) is -0.439. The summed E-state index contributed by atoms with van der Waals surface area (Å²) in [6.07, 6.45) is 7.86. The lowest BCUT2D eigenvalue weighted by Gasteiger charge is -2.37. The van der Waals surface area contributed by atoms with E-state index in [2.05, 4.69) is 20.4 Å². The second-order valence-electron chi connectivity index (χ2n) is 10.4. The molecule has 3 fully saturated rings. The minimum Gasteiger partial charge on any atom is -0.444 e. The van der Waals surface area contributed by atoms with Gasteiger partial charge < -0.3 is 25.2 Å². The number of carbonyl (C=O) groups excluding carboxylic acids is 2. The average molecular weight is 438 g/mol. The first-order valence-electron chi connectivity index (χ1n) is 12.3. The van der Waals surface area contributed by atoms with Crippen molar-refractivity contribution in [3.8, 4) is 0 Å². The fourth-order valence-corrected chi connectivity index (χ4v) is 4.72. The number of nitrogens with one attached hydrogen (secondary N) is 2. The van der Waals surface area contributed by atoms with Crippen LogP contribution in [0.4, 0.5) is 9.59 Å². The number of piperazine rings is 1. The van der Waals surface area contributed by atoms with E-state index in [1.54, 1.807) is 0 Å². The molecule has 0 aromatic carbocycles. The molecule has 2 heterocycles. The number of urea groups is 1. The monoisotopic (exact) mass is 437 g/mol. The molecule has 1 saturated carbocycles. The molecule has 2 saturated heterocycles. The highest BCUT2D eigenvalue weighted by molar-refractivity contribution is 5.74. The van der Waals surface area contributed by atoms with Gasteiger partial charge in [-0.25, -0.2) is 9.59 Å². The van der Waals surface area contributed by atoms with Crippen molar-refractivity contribution in [2.75, 3.05) is 52.4 Å². The summed E-state index contributed by atoms with van der Waals surface area (Å²) < 4.78 is 5.47. The smallest absolute Gasteiger partial charge is 0.410 e. The number of piperidine rings is 1. The minimum absolute atomic E-state index is 0.0215. The van der Waals surface area contributed by atoms with Crippen molar-refractivity contribution < 1.29 is 14.3 Å².